The molecule has 2 atom stereocenters. The van der Waals surface area contributed by atoms with E-state index in [1.54, 1.807) is 49.8 Å². The number of hydrogen-bond donors (Lipinski definition) is 0. The van der Waals surface area contributed by atoms with Gasteiger partial charge in [0.05, 0.1) is 49.8 Å². The second-order valence-corrected chi connectivity index (χ2v) is 13.4. The number of nitrogens with zero attached hydrogens (tertiary/aromatic N) is 2. The van der Waals surface area contributed by atoms with E-state index in [0.717, 1.165) is 71.9 Å². The molecule has 0 N–H and O–H groups in total. The Kier molecular flexibility index (Phi) is 9.56. The summed E-state index contributed by atoms with van der Waals surface area (Å²) in [5.41, 5.74) is 9.31. The summed E-state index contributed by atoms with van der Waals surface area (Å²) in [4.78, 5) is 4.81. The fourth-order valence-electron chi connectivity index (χ4n) is 8.20. The van der Waals surface area contributed by atoms with E-state index in [4.69, 9.17) is 37.9 Å². The van der Waals surface area contributed by atoms with Crippen LogP contribution in [0.1, 0.15) is 45.5 Å². The third-order valence-electron chi connectivity index (χ3n) is 10.9. The van der Waals surface area contributed by atoms with Gasteiger partial charge in [-0.3, -0.25) is 9.80 Å². The third kappa shape index (κ3) is 5.94. The van der Waals surface area contributed by atoms with Gasteiger partial charge in [-0.15, -0.1) is 0 Å². The van der Waals surface area contributed by atoms with Crippen LogP contribution in [0.4, 0.5) is 0 Å². The maximum absolute atomic E-state index is 6.92. The van der Waals surface area contributed by atoms with Crippen LogP contribution in [0, 0.1) is 0 Å². The first-order valence-corrected chi connectivity index (χ1v) is 17.3. The number of methoxy groups -OCH3 is 7. The first-order valence-electron chi connectivity index (χ1n) is 17.3. The molecule has 0 saturated carbocycles. The number of ether oxygens (including phenoxy) is 8. The van der Waals surface area contributed by atoms with Crippen molar-refractivity contribution >= 4 is 0 Å². The van der Waals surface area contributed by atoms with Gasteiger partial charge in [0.2, 0.25) is 0 Å². The number of benzene rings is 4. The van der Waals surface area contributed by atoms with E-state index in [-0.39, 0.29) is 12.1 Å². The largest absolute Gasteiger partial charge is 0.493 e. The average molecular weight is 697 g/mol. The zero-order valence-electron chi connectivity index (χ0n) is 31.1. The SMILES string of the molecule is COc1cc(C[C@H]2c3cc(OC)c(OC)cc3CCN2C)c(Oc2cc3c(cc2OC)-c2c(OC)c(OC)cc4c2[C@H](C3)N(C)CC4)cc1OC. The van der Waals surface area contributed by atoms with Gasteiger partial charge >= 0.3 is 0 Å². The first-order chi connectivity index (χ1) is 24.8. The molecular formula is C41H48N2O8. The Morgan fingerprint density at radius 2 is 1.12 bits per heavy atom. The molecule has 2 aliphatic heterocycles. The van der Waals surface area contributed by atoms with Crippen molar-refractivity contribution in [2.75, 3.05) is 77.0 Å². The molecule has 4 aromatic rings. The lowest BCUT2D eigenvalue weighted by atomic mass is 9.76. The van der Waals surface area contributed by atoms with E-state index >= 15 is 0 Å². The molecule has 0 radical (unpaired) electrons. The third-order valence-corrected chi connectivity index (χ3v) is 10.9. The molecule has 1 aliphatic carbocycles. The number of fused-ring (bicyclic) bond motifs is 3. The minimum Gasteiger partial charge on any atom is -0.493 e. The summed E-state index contributed by atoms with van der Waals surface area (Å²) in [5.74, 6) is 6.05. The summed E-state index contributed by atoms with van der Waals surface area (Å²) >= 11 is 0. The second-order valence-electron chi connectivity index (χ2n) is 13.4. The van der Waals surface area contributed by atoms with Crippen molar-refractivity contribution < 1.29 is 37.9 Å². The monoisotopic (exact) mass is 696 g/mol. The zero-order valence-corrected chi connectivity index (χ0v) is 31.1. The summed E-state index contributed by atoms with van der Waals surface area (Å²) in [6.07, 6.45) is 3.35. The van der Waals surface area contributed by atoms with Crippen LogP contribution in [0.5, 0.6) is 51.7 Å². The van der Waals surface area contributed by atoms with Crippen LogP contribution in [-0.4, -0.2) is 86.8 Å². The van der Waals surface area contributed by atoms with Crippen LogP contribution in [0.3, 0.4) is 0 Å². The quantitative estimate of drug-likeness (QED) is 0.163. The van der Waals surface area contributed by atoms with Gasteiger partial charge in [0.1, 0.15) is 5.75 Å². The molecule has 2 heterocycles. The summed E-state index contributed by atoms with van der Waals surface area (Å²) in [6, 6.07) is 14.7. The van der Waals surface area contributed by atoms with Crippen LogP contribution in [0.15, 0.2) is 42.5 Å². The van der Waals surface area contributed by atoms with Gasteiger partial charge in [0.15, 0.2) is 46.0 Å². The first kappa shape index (κ1) is 34.6. The van der Waals surface area contributed by atoms with Crippen molar-refractivity contribution in [1.29, 1.82) is 0 Å². The van der Waals surface area contributed by atoms with Crippen LogP contribution < -0.4 is 37.9 Å². The molecule has 0 bridgehead atoms. The minimum absolute atomic E-state index is 0.0504. The molecule has 0 saturated heterocycles. The van der Waals surface area contributed by atoms with Gasteiger partial charge in [0, 0.05) is 42.4 Å². The summed E-state index contributed by atoms with van der Waals surface area (Å²) in [6.45, 7) is 1.87. The Hall–Kier alpha value is -4.80. The van der Waals surface area contributed by atoms with Crippen molar-refractivity contribution in [2.24, 2.45) is 0 Å². The Bertz CT molecular complexity index is 1960. The summed E-state index contributed by atoms with van der Waals surface area (Å²) < 4.78 is 47.8. The second kappa shape index (κ2) is 14.1. The molecule has 0 fully saturated rings. The smallest absolute Gasteiger partial charge is 0.169 e. The fraction of sp³-hybridized carbons (Fsp3) is 0.415. The molecule has 3 aliphatic rings. The van der Waals surface area contributed by atoms with E-state index < -0.39 is 0 Å². The number of hydrogen-bond acceptors (Lipinski definition) is 10. The van der Waals surface area contributed by atoms with E-state index in [9.17, 15) is 0 Å². The molecule has 0 aromatic heterocycles. The maximum atomic E-state index is 6.92. The van der Waals surface area contributed by atoms with Crippen molar-refractivity contribution in [3.05, 3.63) is 75.8 Å². The van der Waals surface area contributed by atoms with Crippen LogP contribution in [-0.2, 0) is 25.7 Å². The highest BCUT2D eigenvalue weighted by Gasteiger charge is 2.37. The van der Waals surface area contributed by atoms with Crippen LogP contribution >= 0.6 is 0 Å². The van der Waals surface area contributed by atoms with E-state index in [0.29, 0.717) is 40.9 Å². The van der Waals surface area contributed by atoms with Crippen LogP contribution in [0.25, 0.3) is 11.1 Å². The van der Waals surface area contributed by atoms with Crippen molar-refractivity contribution in [1.82, 2.24) is 9.80 Å². The Morgan fingerprint density at radius 1 is 0.549 bits per heavy atom. The lowest BCUT2D eigenvalue weighted by molar-refractivity contribution is 0.226. The molecular weight excluding hydrogens is 648 g/mol. The highest BCUT2D eigenvalue weighted by molar-refractivity contribution is 5.85. The molecule has 4 aromatic carbocycles. The molecule has 10 heteroatoms. The van der Waals surface area contributed by atoms with Crippen molar-refractivity contribution in [3.63, 3.8) is 0 Å². The standard InChI is InChI=1S/C41H48N2O8/c1-42-12-10-23-16-32(44-3)34(46-5)20-27(23)29(42)15-26-19-33(45-4)36(48-7)22-31(26)51-37-18-25-14-30-39-24(11-13-43(30)2)17-38(49-8)41(50-9)40(39)28(25)21-35(37)47-6/h16-22,29-30H,10-15H2,1-9H3/t29-,30-/m0/s1. The normalized spacial score (nSPS) is 17.8. The molecule has 0 spiro atoms. The molecule has 0 unspecified atom stereocenters. The van der Waals surface area contributed by atoms with E-state index in [1.807, 2.05) is 12.1 Å². The highest BCUT2D eigenvalue weighted by atomic mass is 16.5. The van der Waals surface area contributed by atoms with Gasteiger partial charge in [-0.1, -0.05) is 0 Å². The molecule has 10 nitrogen and oxygen atoms in total. The Morgan fingerprint density at radius 3 is 1.80 bits per heavy atom. The predicted molar refractivity (Wildman–Crippen MR) is 196 cm³/mol. The maximum Gasteiger partial charge on any atom is 0.169 e. The van der Waals surface area contributed by atoms with Crippen molar-refractivity contribution in [2.45, 2.75) is 37.8 Å². The van der Waals surface area contributed by atoms with Gasteiger partial charge in [-0.25, -0.2) is 0 Å². The highest BCUT2D eigenvalue weighted by Crippen LogP contribution is 2.54. The molecule has 51 heavy (non-hydrogen) atoms. The van der Waals surface area contributed by atoms with E-state index in [2.05, 4.69) is 54.2 Å². The lowest BCUT2D eigenvalue weighted by Crippen LogP contribution is -2.35. The Balaban J connectivity index is 1.34. The van der Waals surface area contributed by atoms with Crippen LogP contribution in [0.2, 0.25) is 0 Å². The summed E-state index contributed by atoms with van der Waals surface area (Å²) in [5, 5.41) is 0. The Labute approximate surface area is 300 Å². The number of rotatable bonds is 11. The minimum atomic E-state index is 0.0504. The molecule has 7 rings (SSSR count). The topological polar surface area (TPSA) is 80.3 Å². The predicted octanol–water partition coefficient (Wildman–Crippen LogP) is 7.06. The fourth-order valence-corrected chi connectivity index (χ4v) is 8.20. The number of likely N-dealkylation sites (N-methyl/N-ethyl adjacent to an activating group) is 2. The molecule has 270 valence electrons. The van der Waals surface area contributed by atoms with Crippen molar-refractivity contribution in [3.8, 4) is 62.9 Å². The zero-order chi connectivity index (χ0) is 36.0. The average Bonchev–Trinajstić information content (AvgIpc) is 3.16. The lowest BCUT2D eigenvalue weighted by Gasteiger charge is -2.40. The summed E-state index contributed by atoms with van der Waals surface area (Å²) in [7, 11) is 16.1. The molecule has 0 amide bonds. The van der Waals surface area contributed by atoms with E-state index in [1.165, 1.54) is 22.3 Å². The van der Waals surface area contributed by atoms with Gasteiger partial charge < -0.3 is 37.9 Å². The van der Waals surface area contributed by atoms with Gasteiger partial charge in [-0.05, 0) is 110 Å². The van der Waals surface area contributed by atoms with Gasteiger partial charge in [0.25, 0.3) is 0 Å². The van der Waals surface area contributed by atoms with Gasteiger partial charge in [-0.2, -0.15) is 0 Å².